The molecule has 0 spiro atoms. The van der Waals surface area contributed by atoms with Crippen LogP contribution >= 0.6 is 12.6 Å². The highest BCUT2D eigenvalue weighted by Gasteiger charge is 2.01. The summed E-state index contributed by atoms with van der Waals surface area (Å²) < 4.78 is 10.4. The highest BCUT2D eigenvalue weighted by atomic mass is 32.1. The summed E-state index contributed by atoms with van der Waals surface area (Å²) in [5.74, 6) is 2.48. The fourth-order valence-electron chi connectivity index (χ4n) is 1.24. The fourth-order valence-corrected chi connectivity index (χ4v) is 1.39. The Hall–Kier alpha value is -1.09. The molecule has 0 amide bonds. The Labute approximate surface area is 96.3 Å². The first-order valence-corrected chi connectivity index (χ1v) is 5.44. The van der Waals surface area contributed by atoms with Crippen molar-refractivity contribution >= 4 is 18.7 Å². The van der Waals surface area contributed by atoms with E-state index in [1.807, 2.05) is 24.3 Å². The summed E-state index contributed by atoms with van der Waals surface area (Å²) in [6.45, 7) is 0. The Balaban J connectivity index is 2.87. The van der Waals surface area contributed by atoms with Crippen molar-refractivity contribution < 1.29 is 9.47 Å². The molecule has 0 bridgehead atoms. The summed E-state index contributed by atoms with van der Waals surface area (Å²) in [6.07, 6.45) is 5.07. The lowest BCUT2D eigenvalue weighted by Gasteiger charge is -2.07. The Morgan fingerprint density at radius 1 is 1.27 bits per heavy atom. The van der Waals surface area contributed by atoms with E-state index in [0.717, 1.165) is 29.2 Å². The minimum Gasteiger partial charge on any atom is -0.497 e. The third kappa shape index (κ3) is 3.51. The maximum absolute atomic E-state index is 5.27. The maximum Gasteiger partial charge on any atom is 0.129 e. The van der Waals surface area contributed by atoms with E-state index in [4.69, 9.17) is 9.47 Å². The molecule has 0 radical (unpaired) electrons. The van der Waals surface area contributed by atoms with Crippen molar-refractivity contribution in [1.82, 2.24) is 0 Å². The highest BCUT2D eigenvalue weighted by Crippen LogP contribution is 2.25. The Kier molecular flexibility index (Phi) is 5.12. The lowest BCUT2D eigenvalue weighted by Crippen LogP contribution is -1.89. The van der Waals surface area contributed by atoms with Crippen LogP contribution in [0, 0.1) is 0 Å². The van der Waals surface area contributed by atoms with Crippen LogP contribution in [0.5, 0.6) is 11.5 Å². The second kappa shape index (κ2) is 6.40. The normalized spacial score (nSPS) is 10.6. The van der Waals surface area contributed by atoms with Crippen molar-refractivity contribution in [1.29, 1.82) is 0 Å². The van der Waals surface area contributed by atoms with Crippen LogP contribution in [0.15, 0.2) is 24.3 Å². The van der Waals surface area contributed by atoms with Crippen molar-refractivity contribution in [2.24, 2.45) is 0 Å². The molecule has 15 heavy (non-hydrogen) atoms. The molecule has 1 aromatic carbocycles. The summed E-state index contributed by atoms with van der Waals surface area (Å²) >= 11 is 4.14. The van der Waals surface area contributed by atoms with Gasteiger partial charge in [-0.05, 0) is 24.3 Å². The third-order valence-corrected chi connectivity index (χ3v) is 2.29. The summed E-state index contributed by atoms with van der Waals surface area (Å²) in [7, 11) is 3.30. The molecule has 2 nitrogen and oxygen atoms in total. The number of ether oxygens (including phenoxy) is 2. The summed E-state index contributed by atoms with van der Waals surface area (Å²) in [5, 5.41) is 0. The average Bonchev–Trinajstić information content (AvgIpc) is 2.29. The van der Waals surface area contributed by atoms with E-state index in [1.165, 1.54) is 0 Å². The first-order valence-electron chi connectivity index (χ1n) is 4.81. The van der Waals surface area contributed by atoms with Gasteiger partial charge < -0.3 is 9.47 Å². The SMILES string of the molecule is COc1ccc(C=CCCS)c(OC)c1. The fraction of sp³-hybridized carbons (Fsp3) is 0.333. The molecule has 3 heteroatoms. The van der Waals surface area contributed by atoms with Gasteiger partial charge in [-0.3, -0.25) is 0 Å². The maximum atomic E-state index is 5.27. The minimum absolute atomic E-state index is 0.804. The molecule has 0 saturated carbocycles. The van der Waals surface area contributed by atoms with E-state index in [-0.39, 0.29) is 0 Å². The molecule has 0 N–H and O–H groups in total. The Bertz CT molecular complexity index is 334. The number of hydrogen-bond donors (Lipinski definition) is 1. The van der Waals surface area contributed by atoms with Crippen LogP contribution in [-0.4, -0.2) is 20.0 Å². The van der Waals surface area contributed by atoms with Crippen LogP contribution in [0.4, 0.5) is 0 Å². The molecule has 0 aromatic heterocycles. The van der Waals surface area contributed by atoms with Gasteiger partial charge in [0, 0.05) is 11.6 Å². The first kappa shape index (κ1) is 12.0. The molecule has 0 heterocycles. The number of methoxy groups -OCH3 is 2. The molecule has 0 aliphatic heterocycles. The van der Waals surface area contributed by atoms with E-state index in [1.54, 1.807) is 14.2 Å². The first-order chi connectivity index (χ1) is 7.31. The number of rotatable bonds is 5. The van der Waals surface area contributed by atoms with Crippen molar-refractivity contribution in [3.05, 3.63) is 29.8 Å². The van der Waals surface area contributed by atoms with Gasteiger partial charge in [0.05, 0.1) is 14.2 Å². The molecule has 0 atom stereocenters. The zero-order valence-electron chi connectivity index (χ0n) is 9.06. The van der Waals surface area contributed by atoms with Crippen molar-refractivity contribution in [2.45, 2.75) is 6.42 Å². The van der Waals surface area contributed by atoms with E-state index in [2.05, 4.69) is 18.7 Å². The Morgan fingerprint density at radius 2 is 2.07 bits per heavy atom. The number of benzene rings is 1. The van der Waals surface area contributed by atoms with E-state index < -0.39 is 0 Å². The van der Waals surface area contributed by atoms with Crippen LogP contribution in [0.2, 0.25) is 0 Å². The number of allylic oxidation sites excluding steroid dienone is 1. The molecular weight excluding hydrogens is 208 g/mol. The monoisotopic (exact) mass is 224 g/mol. The van der Waals surface area contributed by atoms with Gasteiger partial charge in [0.2, 0.25) is 0 Å². The quantitative estimate of drug-likeness (QED) is 0.775. The largest absolute Gasteiger partial charge is 0.497 e. The van der Waals surface area contributed by atoms with Crippen LogP contribution < -0.4 is 9.47 Å². The average molecular weight is 224 g/mol. The molecular formula is C12H16O2S. The van der Waals surface area contributed by atoms with Crippen molar-refractivity contribution in [3.63, 3.8) is 0 Å². The van der Waals surface area contributed by atoms with Gasteiger partial charge in [-0.15, -0.1) is 0 Å². The van der Waals surface area contributed by atoms with Gasteiger partial charge in [0.15, 0.2) is 0 Å². The van der Waals surface area contributed by atoms with Crippen LogP contribution in [0.1, 0.15) is 12.0 Å². The van der Waals surface area contributed by atoms with Gasteiger partial charge in [0.25, 0.3) is 0 Å². The van der Waals surface area contributed by atoms with Gasteiger partial charge in [0.1, 0.15) is 11.5 Å². The van der Waals surface area contributed by atoms with E-state index in [0.29, 0.717) is 0 Å². The molecule has 0 aliphatic carbocycles. The second-order valence-electron chi connectivity index (χ2n) is 3.02. The zero-order valence-corrected chi connectivity index (χ0v) is 9.96. The molecule has 0 aliphatic rings. The van der Waals surface area contributed by atoms with Gasteiger partial charge in [-0.25, -0.2) is 0 Å². The second-order valence-corrected chi connectivity index (χ2v) is 3.47. The lowest BCUT2D eigenvalue weighted by molar-refractivity contribution is 0.394. The highest BCUT2D eigenvalue weighted by molar-refractivity contribution is 7.80. The molecule has 0 saturated heterocycles. The smallest absolute Gasteiger partial charge is 0.129 e. The van der Waals surface area contributed by atoms with Gasteiger partial charge >= 0.3 is 0 Å². The van der Waals surface area contributed by atoms with Crippen LogP contribution in [0.25, 0.3) is 6.08 Å². The van der Waals surface area contributed by atoms with Crippen molar-refractivity contribution in [2.75, 3.05) is 20.0 Å². The standard InChI is InChI=1S/C12H16O2S/c1-13-11-7-6-10(5-3-4-8-15)12(9-11)14-2/h3,5-7,9,15H,4,8H2,1-2H3. The number of thiol groups is 1. The molecule has 0 unspecified atom stereocenters. The van der Waals surface area contributed by atoms with Gasteiger partial charge in [-0.2, -0.15) is 12.6 Å². The van der Waals surface area contributed by atoms with Crippen LogP contribution in [0.3, 0.4) is 0 Å². The lowest BCUT2D eigenvalue weighted by atomic mass is 10.1. The summed E-state index contributed by atoms with van der Waals surface area (Å²) in [6, 6.07) is 5.77. The van der Waals surface area contributed by atoms with E-state index >= 15 is 0 Å². The van der Waals surface area contributed by atoms with Gasteiger partial charge in [-0.1, -0.05) is 12.2 Å². The minimum atomic E-state index is 0.804. The number of hydrogen-bond acceptors (Lipinski definition) is 3. The summed E-state index contributed by atoms with van der Waals surface area (Å²) in [5.41, 5.74) is 1.06. The third-order valence-electron chi connectivity index (χ3n) is 2.03. The summed E-state index contributed by atoms with van der Waals surface area (Å²) in [4.78, 5) is 0. The topological polar surface area (TPSA) is 18.5 Å². The molecule has 0 fully saturated rings. The predicted octanol–water partition coefficient (Wildman–Crippen LogP) is 3.04. The predicted molar refractivity (Wildman–Crippen MR) is 67.1 cm³/mol. The van der Waals surface area contributed by atoms with Crippen LogP contribution in [-0.2, 0) is 0 Å². The molecule has 1 rings (SSSR count). The van der Waals surface area contributed by atoms with E-state index in [9.17, 15) is 0 Å². The Morgan fingerprint density at radius 3 is 2.67 bits per heavy atom. The molecule has 82 valence electrons. The van der Waals surface area contributed by atoms with Crippen molar-refractivity contribution in [3.8, 4) is 11.5 Å². The molecule has 1 aromatic rings. The zero-order chi connectivity index (χ0) is 11.1.